The number of rotatable bonds is 8. The van der Waals surface area contributed by atoms with Gasteiger partial charge in [0, 0.05) is 43.8 Å². The van der Waals surface area contributed by atoms with Crippen LogP contribution < -0.4 is 14.8 Å². The number of nitrogens with zero attached hydrogens (tertiary/aromatic N) is 1. The van der Waals surface area contributed by atoms with Crippen molar-refractivity contribution >= 4 is 11.8 Å². The van der Waals surface area contributed by atoms with E-state index in [2.05, 4.69) is 5.32 Å². The molecule has 2 amide bonds. The normalized spacial score (nSPS) is 18.0. The van der Waals surface area contributed by atoms with Gasteiger partial charge in [-0.2, -0.15) is 0 Å². The van der Waals surface area contributed by atoms with E-state index in [0.29, 0.717) is 43.3 Å². The summed E-state index contributed by atoms with van der Waals surface area (Å²) in [5.74, 6) is 0.371. The standard InChI is InChI=1S/C24H30N2O5/c1-16-8-10-17(11-9-16)24(28)26-14-19(20(15-26)23(27)25-12-13-29-2)18-6-5-7-21(30-3)22(18)31-4/h5-11,19-20H,12-15H2,1-4H3,(H,25,27)/t19-,20-/m1/s1. The molecule has 1 aliphatic heterocycles. The van der Waals surface area contributed by atoms with E-state index in [9.17, 15) is 9.59 Å². The summed E-state index contributed by atoms with van der Waals surface area (Å²) < 4.78 is 16.1. The number of nitrogens with one attached hydrogen (secondary N) is 1. The van der Waals surface area contributed by atoms with E-state index in [1.165, 1.54) is 0 Å². The first kappa shape index (κ1) is 22.6. The highest BCUT2D eigenvalue weighted by atomic mass is 16.5. The van der Waals surface area contributed by atoms with Gasteiger partial charge in [-0.1, -0.05) is 29.8 Å². The molecule has 31 heavy (non-hydrogen) atoms. The molecule has 2 aromatic rings. The van der Waals surface area contributed by atoms with Gasteiger partial charge >= 0.3 is 0 Å². The number of amides is 2. The molecule has 1 aliphatic rings. The third-order valence-corrected chi connectivity index (χ3v) is 5.68. The minimum absolute atomic E-state index is 0.0842. The lowest BCUT2D eigenvalue weighted by Gasteiger charge is -2.21. The van der Waals surface area contributed by atoms with Crippen LogP contribution in [0.5, 0.6) is 11.5 Å². The van der Waals surface area contributed by atoms with Crippen molar-refractivity contribution in [3.63, 3.8) is 0 Å². The van der Waals surface area contributed by atoms with Crippen LogP contribution in [-0.2, 0) is 9.53 Å². The molecular weight excluding hydrogens is 396 g/mol. The largest absolute Gasteiger partial charge is 0.493 e. The van der Waals surface area contributed by atoms with Crippen molar-refractivity contribution in [2.75, 3.05) is 47.6 Å². The first-order chi connectivity index (χ1) is 15.0. The Bertz CT molecular complexity index is 913. The quantitative estimate of drug-likeness (QED) is 0.657. The Morgan fingerprint density at radius 2 is 1.77 bits per heavy atom. The molecule has 0 spiro atoms. The molecule has 1 N–H and O–H groups in total. The molecule has 2 aromatic carbocycles. The molecule has 1 fully saturated rings. The number of hydrogen-bond acceptors (Lipinski definition) is 5. The number of para-hydroxylation sites is 1. The molecule has 7 heteroatoms. The van der Waals surface area contributed by atoms with Gasteiger partial charge < -0.3 is 24.4 Å². The molecule has 0 aromatic heterocycles. The average Bonchev–Trinajstić information content (AvgIpc) is 3.24. The Kier molecular flexibility index (Phi) is 7.52. The van der Waals surface area contributed by atoms with Gasteiger partial charge in [-0.25, -0.2) is 0 Å². The number of ether oxygens (including phenoxy) is 3. The zero-order valence-electron chi connectivity index (χ0n) is 18.5. The van der Waals surface area contributed by atoms with Crippen LogP contribution in [-0.4, -0.2) is 64.3 Å². The van der Waals surface area contributed by atoms with Gasteiger partial charge in [0.1, 0.15) is 0 Å². The molecule has 2 atom stereocenters. The van der Waals surface area contributed by atoms with Crippen LogP contribution >= 0.6 is 0 Å². The summed E-state index contributed by atoms with van der Waals surface area (Å²) in [4.78, 5) is 27.9. The van der Waals surface area contributed by atoms with E-state index < -0.39 is 5.92 Å². The lowest BCUT2D eigenvalue weighted by atomic mass is 9.87. The molecule has 0 aliphatic carbocycles. The molecule has 0 radical (unpaired) electrons. The molecule has 0 saturated carbocycles. The van der Waals surface area contributed by atoms with Gasteiger partial charge in [0.15, 0.2) is 11.5 Å². The maximum absolute atomic E-state index is 13.2. The molecule has 166 valence electrons. The van der Waals surface area contributed by atoms with Crippen molar-refractivity contribution in [1.29, 1.82) is 0 Å². The lowest BCUT2D eigenvalue weighted by Crippen LogP contribution is -2.37. The van der Waals surface area contributed by atoms with Crippen molar-refractivity contribution in [2.45, 2.75) is 12.8 Å². The summed E-state index contributed by atoms with van der Waals surface area (Å²) >= 11 is 0. The van der Waals surface area contributed by atoms with Crippen LogP contribution in [0.3, 0.4) is 0 Å². The second-order valence-electron chi connectivity index (χ2n) is 7.66. The van der Waals surface area contributed by atoms with E-state index >= 15 is 0 Å². The van der Waals surface area contributed by atoms with Crippen LogP contribution in [0.1, 0.15) is 27.4 Å². The Labute approximate surface area is 183 Å². The Morgan fingerprint density at radius 3 is 2.42 bits per heavy atom. The second-order valence-corrected chi connectivity index (χ2v) is 7.66. The fourth-order valence-corrected chi connectivity index (χ4v) is 4.04. The highest BCUT2D eigenvalue weighted by Crippen LogP contribution is 2.42. The zero-order valence-corrected chi connectivity index (χ0v) is 18.5. The maximum Gasteiger partial charge on any atom is 0.253 e. The van der Waals surface area contributed by atoms with Crippen LogP contribution in [0.4, 0.5) is 0 Å². The van der Waals surface area contributed by atoms with Crippen LogP contribution in [0.15, 0.2) is 42.5 Å². The average molecular weight is 427 g/mol. The molecule has 1 heterocycles. The minimum atomic E-state index is -0.410. The minimum Gasteiger partial charge on any atom is -0.493 e. The van der Waals surface area contributed by atoms with Gasteiger partial charge in [0.05, 0.1) is 26.7 Å². The van der Waals surface area contributed by atoms with Crippen LogP contribution in [0.25, 0.3) is 0 Å². The number of benzene rings is 2. The number of methoxy groups -OCH3 is 3. The fraction of sp³-hybridized carbons (Fsp3) is 0.417. The molecule has 3 rings (SSSR count). The Morgan fingerprint density at radius 1 is 1.03 bits per heavy atom. The van der Waals surface area contributed by atoms with Gasteiger partial charge in [0.2, 0.25) is 5.91 Å². The summed E-state index contributed by atoms with van der Waals surface area (Å²) in [5.41, 5.74) is 2.56. The molecule has 7 nitrogen and oxygen atoms in total. The summed E-state index contributed by atoms with van der Waals surface area (Å²) in [7, 11) is 4.76. The van der Waals surface area contributed by atoms with Gasteiger partial charge in [0.25, 0.3) is 5.91 Å². The Balaban J connectivity index is 1.91. The van der Waals surface area contributed by atoms with Gasteiger partial charge in [-0.3, -0.25) is 9.59 Å². The van der Waals surface area contributed by atoms with E-state index in [1.54, 1.807) is 26.2 Å². The Hall–Kier alpha value is -3.06. The lowest BCUT2D eigenvalue weighted by molar-refractivity contribution is -0.125. The summed E-state index contributed by atoms with van der Waals surface area (Å²) in [6.07, 6.45) is 0. The third kappa shape index (κ3) is 4.99. The van der Waals surface area contributed by atoms with E-state index in [0.717, 1.165) is 11.1 Å². The SMILES string of the molecule is COCCNC(=O)[C@@H]1CN(C(=O)c2ccc(C)cc2)C[C@@H]1c1cccc(OC)c1OC. The molecule has 0 bridgehead atoms. The fourth-order valence-electron chi connectivity index (χ4n) is 4.04. The third-order valence-electron chi connectivity index (χ3n) is 5.68. The molecular formula is C24H30N2O5. The maximum atomic E-state index is 13.2. The summed E-state index contributed by atoms with van der Waals surface area (Å²) in [6, 6.07) is 13.1. The second kappa shape index (κ2) is 10.3. The molecule has 1 saturated heterocycles. The van der Waals surface area contributed by atoms with Crippen molar-refractivity contribution in [1.82, 2.24) is 10.2 Å². The number of carbonyl (C=O) groups excluding carboxylic acids is 2. The van der Waals surface area contributed by atoms with E-state index in [-0.39, 0.29) is 17.7 Å². The topological polar surface area (TPSA) is 77.1 Å². The van der Waals surface area contributed by atoms with Crippen molar-refractivity contribution in [3.05, 3.63) is 59.2 Å². The van der Waals surface area contributed by atoms with Gasteiger partial charge in [-0.05, 0) is 25.1 Å². The predicted molar refractivity (Wildman–Crippen MR) is 118 cm³/mol. The summed E-state index contributed by atoms with van der Waals surface area (Å²) in [5, 5.41) is 2.92. The smallest absolute Gasteiger partial charge is 0.253 e. The first-order valence-electron chi connectivity index (χ1n) is 10.3. The van der Waals surface area contributed by atoms with Crippen molar-refractivity contribution < 1.29 is 23.8 Å². The number of hydrogen-bond donors (Lipinski definition) is 1. The predicted octanol–water partition coefficient (Wildman–Crippen LogP) is 2.63. The summed E-state index contributed by atoms with van der Waals surface area (Å²) in [6.45, 7) is 3.57. The number of aryl methyl sites for hydroxylation is 1. The highest BCUT2D eigenvalue weighted by molar-refractivity contribution is 5.95. The van der Waals surface area contributed by atoms with Crippen LogP contribution in [0, 0.1) is 12.8 Å². The van der Waals surface area contributed by atoms with Crippen molar-refractivity contribution in [3.8, 4) is 11.5 Å². The number of likely N-dealkylation sites (tertiary alicyclic amines) is 1. The van der Waals surface area contributed by atoms with Gasteiger partial charge in [-0.15, -0.1) is 0 Å². The highest BCUT2D eigenvalue weighted by Gasteiger charge is 2.42. The van der Waals surface area contributed by atoms with E-state index in [1.807, 2.05) is 49.4 Å². The van der Waals surface area contributed by atoms with Crippen LogP contribution in [0.2, 0.25) is 0 Å². The monoisotopic (exact) mass is 426 g/mol. The van der Waals surface area contributed by atoms with E-state index in [4.69, 9.17) is 14.2 Å². The van der Waals surface area contributed by atoms with Crippen molar-refractivity contribution in [2.24, 2.45) is 5.92 Å². The number of carbonyl (C=O) groups is 2. The zero-order chi connectivity index (χ0) is 22.4. The molecule has 0 unspecified atom stereocenters. The first-order valence-corrected chi connectivity index (χ1v) is 10.3.